The van der Waals surface area contributed by atoms with Crippen molar-refractivity contribution in [1.29, 1.82) is 0 Å². The fourth-order valence-electron chi connectivity index (χ4n) is 4.25. The van der Waals surface area contributed by atoms with Crippen LogP contribution in [-0.2, 0) is 4.79 Å². The van der Waals surface area contributed by atoms with Crippen LogP contribution in [0.3, 0.4) is 0 Å². The summed E-state index contributed by atoms with van der Waals surface area (Å²) in [5.74, 6) is 0.342. The maximum absolute atomic E-state index is 13.6. The van der Waals surface area contributed by atoms with Crippen molar-refractivity contribution < 1.29 is 14.3 Å². The van der Waals surface area contributed by atoms with Crippen LogP contribution in [0.2, 0.25) is 10.0 Å². The number of nitrogens with zero attached hydrogens (tertiary/aromatic N) is 1. The minimum atomic E-state index is -0.352. The largest absolute Gasteiger partial charge is 0.492 e. The molecule has 0 radical (unpaired) electrons. The molecule has 3 aromatic carbocycles. The van der Waals surface area contributed by atoms with Crippen molar-refractivity contribution in [2.75, 3.05) is 27.2 Å². The van der Waals surface area contributed by atoms with E-state index in [0.29, 0.717) is 46.2 Å². The van der Waals surface area contributed by atoms with Gasteiger partial charge in [0, 0.05) is 39.2 Å². The molecule has 37 heavy (non-hydrogen) atoms. The Hall–Kier alpha value is -3.18. The van der Waals surface area contributed by atoms with E-state index in [0.717, 1.165) is 23.4 Å². The first-order chi connectivity index (χ1) is 17.8. The Balaban J connectivity index is 1.60. The lowest BCUT2D eigenvalue weighted by atomic mass is 9.76. The number of carbonyl (C=O) groups excluding carboxylic acids is 2. The predicted molar refractivity (Wildman–Crippen MR) is 151 cm³/mol. The van der Waals surface area contributed by atoms with Crippen LogP contribution in [0.1, 0.15) is 34.3 Å². The number of benzene rings is 3. The Morgan fingerprint density at radius 1 is 0.838 bits per heavy atom. The molecular formula is C31H29Cl2NO3. The quantitative estimate of drug-likeness (QED) is 0.225. The summed E-state index contributed by atoms with van der Waals surface area (Å²) >= 11 is 12.1. The molecule has 190 valence electrons. The first-order valence-corrected chi connectivity index (χ1v) is 12.9. The fraction of sp³-hybridized carbons (Fsp3) is 0.226. The summed E-state index contributed by atoms with van der Waals surface area (Å²) < 4.78 is 5.76. The van der Waals surface area contributed by atoms with E-state index in [2.05, 4.69) is 0 Å². The van der Waals surface area contributed by atoms with Crippen molar-refractivity contribution in [2.45, 2.75) is 12.8 Å². The third-order valence-electron chi connectivity index (χ3n) is 6.25. The van der Waals surface area contributed by atoms with Gasteiger partial charge in [0.2, 0.25) is 0 Å². The van der Waals surface area contributed by atoms with E-state index in [-0.39, 0.29) is 17.5 Å². The maximum Gasteiger partial charge on any atom is 0.185 e. The van der Waals surface area contributed by atoms with Gasteiger partial charge in [-0.15, -0.1) is 0 Å². The molecule has 1 fully saturated rings. The second-order valence-electron chi connectivity index (χ2n) is 9.42. The molecule has 6 heteroatoms. The zero-order valence-corrected chi connectivity index (χ0v) is 22.4. The topological polar surface area (TPSA) is 46.6 Å². The van der Waals surface area contributed by atoms with Crippen LogP contribution in [-0.4, -0.2) is 43.7 Å². The molecule has 0 aromatic heterocycles. The molecule has 4 rings (SSSR count). The maximum atomic E-state index is 13.6. The number of ether oxygens (including phenoxy) is 1. The summed E-state index contributed by atoms with van der Waals surface area (Å²) in [7, 11) is 3.98. The van der Waals surface area contributed by atoms with Crippen LogP contribution >= 0.6 is 23.2 Å². The van der Waals surface area contributed by atoms with Crippen LogP contribution in [0.4, 0.5) is 0 Å². The first-order valence-electron chi connectivity index (χ1n) is 12.2. The van der Waals surface area contributed by atoms with Gasteiger partial charge in [-0.1, -0.05) is 47.5 Å². The summed E-state index contributed by atoms with van der Waals surface area (Å²) in [6.45, 7) is 1.38. The normalized spacial score (nSPS) is 18.0. The van der Waals surface area contributed by atoms with Crippen molar-refractivity contribution >= 4 is 46.9 Å². The smallest absolute Gasteiger partial charge is 0.185 e. The second-order valence-corrected chi connectivity index (χ2v) is 10.3. The Bertz CT molecular complexity index is 1240. The lowest BCUT2D eigenvalue weighted by Crippen LogP contribution is -2.26. The van der Waals surface area contributed by atoms with Crippen molar-refractivity contribution in [3.05, 3.63) is 111 Å². The molecule has 0 heterocycles. The number of hydrogen-bond donors (Lipinski definition) is 0. The molecule has 0 spiro atoms. The minimum Gasteiger partial charge on any atom is -0.492 e. The Labute approximate surface area is 228 Å². The van der Waals surface area contributed by atoms with Crippen molar-refractivity contribution in [3.8, 4) is 5.75 Å². The van der Waals surface area contributed by atoms with Crippen LogP contribution in [0, 0.1) is 5.92 Å². The first kappa shape index (κ1) is 26.9. The number of carbonyl (C=O) groups is 2. The van der Waals surface area contributed by atoms with Gasteiger partial charge in [0.1, 0.15) is 12.4 Å². The summed E-state index contributed by atoms with van der Waals surface area (Å²) in [6, 6.07) is 21.9. The average molecular weight is 534 g/mol. The average Bonchev–Trinajstić information content (AvgIpc) is 2.88. The second kappa shape index (κ2) is 12.4. The molecule has 3 aromatic rings. The van der Waals surface area contributed by atoms with Crippen molar-refractivity contribution in [1.82, 2.24) is 4.90 Å². The van der Waals surface area contributed by atoms with Crippen LogP contribution in [0.25, 0.3) is 12.2 Å². The molecule has 0 atom stereocenters. The molecule has 1 aliphatic rings. The summed E-state index contributed by atoms with van der Waals surface area (Å²) in [4.78, 5) is 29.1. The van der Waals surface area contributed by atoms with Crippen molar-refractivity contribution in [3.63, 3.8) is 0 Å². The third-order valence-corrected chi connectivity index (χ3v) is 6.76. The lowest BCUT2D eigenvalue weighted by Gasteiger charge is -2.25. The molecule has 1 aliphatic carbocycles. The molecule has 0 saturated heterocycles. The summed E-state index contributed by atoms with van der Waals surface area (Å²) in [5.41, 5.74) is 3.55. The van der Waals surface area contributed by atoms with Gasteiger partial charge in [-0.05, 0) is 98.7 Å². The van der Waals surface area contributed by atoms with Gasteiger partial charge in [0.15, 0.2) is 11.6 Å². The van der Waals surface area contributed by atoms with E-state index in [4.69, 9.17) is 27.9 Å². The Morgan fingerprint density at radius 3 is 1.78 bits per heavy atom. The van der Waals surface area contributed by atoms with E-state index >= 15 is 0 Å². The minimum absolute atomic E-state index is 0.0105. The van der Waals surface area contributed by atoms with Gasteiger partial charge in [-0.25, -0.2) is 0 Å². The highest BCUT2D eigenvalue weighted by Gasteiger charge is 2.32. The van der Waals surface area contributed by atoms with Gasteiger partial charge in [-0.3, -0.25) is 9.59 Å². The molecule has 0 amide bonds. The molecule has 1 saturated carbocycles. The van der Waals surface area contributed by atoms with Gasteiger partial charge < -0.3 is 9.64 Å². The molecular weight excluding hydrogens is 505 g/mol. The lowest BCUT2D eigenvalue weighted by molar-refractivity contribution is -0.113. The van der Waals surface area contributed by atoms with Gasteiger partial charge >= 0.3 is 0 Å². The highest BCUT2D eigenvalue weighted by atomic mass is 35.5. The number of halogens is 2. The molecule has 0 aliphatic heterocycles. The van der Waals surface area contributed by atoms with E-state index in [9.17, 15) is 9.59 Å². The third kappa shape index (κ3) is 7.42. The van der Waals surface area contributed by atoms with Crippen LogP contribution < -0.4 is 4.74 Å². The van der Waals surface area contributed by atoms with Crippen LogP contribution in [0.15, 0.2) is 83.9 Å². The zero-order valence-electron chi connectivity index (χ0n) is 20.9. The van der Waals surface area contributed by atoms with E-state index in [1.807, 2.05) is 67.5 Å². The molecule has 0 unspecified atom stereocenters. The molecule has 0 N–H and O–H groups in total. The zero-order chi connectivity index (χ0) is 26.4. The van der Waals surface area contributed by atoms with E-state index in [1.54, 1.807) is 36.4 Å². The van der Waals surface area contributed by atoms with E-state index < -0.39 is 0 Å². The van der Waals surface area contributed by atoms with E-state index in [1.165, 1.54) is 0 Å². The number of Topliss-reactive ketones (excluding diaryl/α,β-unsaturated/α-hetero) is 2. The number of likely N-dealkylation sites (N-methyl/N-ethyl adjacent to an activating group) is 1. The van der Waals surface area contributed by atoms with Gasteiger partial charge in [0.25, 0.3) is 0 Å². The molecule has 0 bridgehead atoms. The number of hydrogen-bond acceptors (Lipinski definition) is 4. The number of ketones is 2. The van der Waals surface area contributed by atoms with Crippen molar-refractivity contribution in [2.24, 2.45) is 5.92 Å². The highest BCUT2D eigenvalue weighted by molar-refractivity contribution is 6.31. The standard InChI is InChI=1S/C31H29Cl2NO3/c1-34(2)15-16-37-29-13-7-23(8-14-29)30(35)26-19-24(17-21-3-9-27(32)10-4-21)31(36)25(20-26)18-22-5-11-28(33)12-6-22/h3-14,17-18,26H,15-16,19-20H2,1-2H3/b24-17+,25-18+. The predicted octanol–water partition coefficient (Wildman–Crippen LogP) is 7.26. The highest BCUT2D eigenvalue weighted by Crippen LogP contribution is 2.35. The Morgan fingerprint density at radius 2 is 1.32 bits per heavy atom. The van der Waals surface area contributed by atoms with Gasteiger partial charge in [0.05, 0.1) is 0 Å². The SMILES string of the molecule is CN(C)CCOc1ccc(C(=O)C2C/C(=C\c3ccc(Cl)cc3)C(=O)/C(=C/c3ccc(Cl)cc3)C2)cc1. The summed E-state index contributed by atoms with van der Waals surface area (Å²) in [5, 5.41) is 1.25. The molecule has 4 nitrogen and oxygen atoms in total. The van der Waals surface area contributed by atoms with Gasteiger partial charge in [-0.2, -0.15) is 0 Å². The monoisotopic (exact) mass is 533 g/mol. The fourth-order valence-corrected chi connectivity index (χ4v) is 4.50. The van der Waals surface area contributed by atoms with Crippen LogP contribution in [0.5, 0.6) is 5.75 Å². The number of allylic oxidation sites excluding steroid dienone is 2. The number of rotatable bonds is 8. The summed E-state index contributed by atoms with van der Waals surface area (Å²) in [6.07, 6.45) is 4.46. The Kier molecular flexibility index (Phi) is 8.99.